The Hall–Kier alpha value is -2.04. The number of nitro benzene ring substituents is 1. The van der Waals surface area contributed by atoms with E-state index in [-0.39, 0.29) is 22.0 Å². The van der Waals surface area contributed by atoms with E-state index >= 15 is 0 Å². The number of carbonyl (C=O) groups excluding carboxylic acids is 1. The van der Waals surface area contributed by atoms with Crippen molar-refractivity contribution in [1.29, 1.82) is 0 Å². The van der Waals surface area contributed by atoms with E-state index in [2.05, 4.69) is 11.2 Å². The van der Waals surface area contributed by atoms with Crippen LogP contribution in [0.5, 0.6) is 0 Å². The molecule has 1 atom stereocenters. The Labute approximate surface area is 107 Å². The lowest BCUT2D eigenvalue weighted by molar-refractivity contribution is -0.384. The van der Waals surface area contributed by atoms with E-state index in [1.165, 1.54) is 19.1 Å². The highest BCUT2D eigenvalue weighted by atomic mass is 32.2. The van der Waals surface area contributed by atoms with Gasteiger partial charge in [-0.3, -0.25) is 14.9 Å². The van der Waals surface area contributed by atoms with Gasteiger partial charge in [0.1, 0.15) is 5.69 Å². The van der Waals surface area contributed by atoms with Crippen LogP contribution in [0.2, 0.25) is 0 Å². The summed E-state index contributed by atoms with van der Waals surface area (Å²) in [5, 5.41) is 13.2. The quantitative estimate of drug-likeness (QED) is 0.384. The Morgan fingerprint density at radius 2 is 2.28 bits per heavy atom. The van der Waals surface area contributed by atoms with Crippen LogP contribution in [0.3, 0.4) is 0 Å². The van der Waals surface area contributed by atoms with Crippen LogP contribution in [-0.2, 0) is 16.0 Å². The van der Waals surface area contributed by atoms with Crippen molar-refractivity contribution in [2.24, 2.45) is 0 Å². The van der Waals surface area contributed by atoms with Gasteiger partial charge in [0.2, 0.25) is 5.91 Å². The fourth-order valence-corrected chi connectivity index (χ4v) is 2.04. The maximum absolute atomic E-state index is 11.6. The highest BCUT2D eigenvalue weighted by Gasteiger charge is 2.20. The number of carbonyl (C=O) groups is 1. The lowest BCUT2D eigenvalue weighted by atomic mass is 10.2. The van der Waals surface area contributed by atoms with Crippen LogP contribution in [0.15, 0.2) is 23.1 Å². The van der Waals surface area contributed by atoms with Crippen molar-refractivity contribution in [3.8, 4) is 12.3 Å². The molecule has 0 aliphatic rings. The van der Waals surface area contributed by atoms with Crippen molar-refractivity contribution < 1.29 is 14.3 Å². The fraction of sp³-hybridized carbons (Fsp3) is 0.182. The Bertz CT molecular complexity index is 524. The number of nitro groups is 1. The molecule has 1 aromatic rings. The molecule has 0 aromatic heterocycles. The molecule has 1 unspecified atom stereocenters. The average Bonchev–Trinajstić information content (AvgIpc) is 2.28. The minimum absolute atomic E-state index is 0.0172. The molecule has 1 aromatic carbocycles. The first-order valence-electron chi connectivity index (χ1n) is 4.83. The zero-order chi connectivity index (χ0) is 13.7. The topological polar surface area (TPSA) is 95.3 Å². The van der Waals surface area contributed by atoms with E-state index in [9.17, 15) is 19.5 Å². The van der Waals surface area contributed by atoms with Crippen molar-refractivity contribution >= 4 is 28.5 Å². The maximum Gasteiger partial charge on any atom is 0.297 e. The van der Waals surface area contributed by atoms with Crippen molar-refractivity contribution in [2.45, 2.75) is 11.8 Å². The van der Waals surface area contributed by atoms with Gasteiger partial charge in [-0.25, -0.2) is 0 Å². The monoisotopic (exact) mass is 266 g/mol. The van der Waals surface area contributed by atoms with Crippen molar-refractivity contribution in [3.63, 3.8) is 0 Å². The molecule has 1 amide bonds. The summed E-state index contributed by atoms with van der Waals surface area (Å²) in [4.78, 5) is 21.3. The number of nitrogens with one attached hydrogen (secondary N) is 1. The third kappa shape index (κ3) is 3.48. The molecule has 0 fully saturated rings. The number of anilines is 1. The van der Waals surface area contributed by atoms with Gasteiger partial charge in [-0.15, -0.1) is 6.42 Å². The molecule has 6 nitrogen and oxygen atoms in total. The van der Waals surface area contributed by atoms with Gasteiger partial charge in [0.05, 0.1) is 11.0 Å². The molecule has 0 saturated heterocycles. The van der Waals surface area contributed by atoms with Crippen LogP contribution in [0.25, 0.3) is 0 Å². The summed E-state index contributed by atoms with van der Waals surface area (Å²) in [6.45, 7) is 1.24. The molecule has 0 bridgehead atoms. The first-order valence-corrected chi connectivity index (χ1v) is 6.15. The minimum atomic E-state index is -1.48. The molecule has 1 rings (SSSR count). The molecule has 0 spiro atoms. The van der Waals surface area contributed by atoms with E-state index in [1.807, 2.05) is 0 Å². The van der Waals surface area contributed by atoms with Gasteiger partial charge in [-0.05, 0) is 23.3 Å². The summed E-state index contributed by atoms with van der Waals surface area (Å²) in [6, 6.07) is 3.92. The van der Waals surface area contributed by atoms with Gasteiger partial charge >= 0.3 is 0 Å². The Kier molecular flexibility index (Phi) is 4.71. The second kappa shape index (κ2) is 6.05. The van der Waals surface area contributed by atoms with Crippen LogP contribution in [-0.4, -0.2) is 21.1 Å². The van der Waals surface area contributed by atoms with Gasteiger partial charge in [0, 0.05) is 6.92 Å². The molecular weight excluding hydrogens is 256 g/mol. The van der Waals surface area contributed by atoms with Crippen molar-refractivity contribution in [2.75, 3.05) is 11.1 Å². The summed E-state index contributed by atoms with van der Waals surface area (Å²) in [6.07, 6.45) is 5.03. The molecule has 0 radical (unpaired) electrons. The second-order valence-electron chi connectivity index (χ2n) is 3.31. The van der Waals surface area contributed by atoms with Crippen molar-refractivity contribution in [1.82, 2.24) is 0 Å². The highest BCUT2D eigenvalue weighted by molar-refractivity contribution is 7.91. The molecule has 7 heteroatoms. The van der Waals surface area contributed by atoms with E-state index in [0.717, 1.165) is 6.07 Å². The molecule has 1 N–H and O–H groups in total. The van der Waals surface area contributed by atoms with E-state index in [1.54, 1.807) is 0 Å². The standard InChI is InChI=1S/C11H10N2O4S/c1-3-6-18(17)9-4-5-10(12-8(2)14)11(7-9)13(15)16/h1,4-5,7H,6H2,2H3,(H,12,14). The van der Waals surface area contributed by atoms with E-state index < -0.39 is 22.0 Å². The molecule has 0 aliphatic carbocycles. The maximum atomic E-state index is 11.6. The van der Waals surface area contributed by atoms with Gasteiger partial charge < -0.3 is 9.87 Å². The number of amides is 1. The van der Waals surface area contributed by atoms with Gasteiger partial charge in [0.15, 0.2) is 10.6 Å². The number of terminal acetylenes is 1. The van der Waals surface area contributed by atoms with Gasteiger partial charge in [-0.2, -0.15) is 0 Å². The predicted octanol–water partition coefficient (Wildman–Crippen LogP) is 1.29. The molecule has 0 saturated carbocycles. The zero-order valence-electron chi connectivity index (χ0n) is 9.50. The number of hydrogen-bond donors (Lipinski definition) is 1. The van der Waals surface area contributed by atoms with E-state index in [4.69, 9.17) is 6.42 Å². The highest BCUT2D eigenvalue weighted by Crippen LogP contribution is 2.27. The summed E-state index contributed by atoms with van der Waals surface area (Å²) >= 11 is -1.48. The van der Waals surface area contributed by atoms with Crippen LogP contribution in [0.1, 0.15) is 6.92 Å². The van der Waals surface area contributed by atoms with Crippen LogP contribution in [0.4, 0.5) is 11.4 Å². The largest absolute Gasteiger partial charge is 0.611 e. The first kappa shape index (κ1) is 14.0. The first-order chi connectivity index (χ1) is 8.45. The summed E-state index contributed by atoms with van der Waals surface area (Å²) in [5.74, 6) is 1.78. The minimum Gasteiger partial charge on any atom is -0.611 e. The SMILES string of the molecule is C#CC[S+]([O-])c1ccc(NC(C)=O)c([N+](=O)[O-])c1. The summed E-state index contributed by atoms with van der Waals surface area (Å²) < 4.78 is 11.6. The Morgan fingerprint density at radius 1 is 1.61 bits per heavy atom. The van der Waals surface area contributed by atoms with Gasteiger partial charge in [-0.1, -0.05) is 5.92 Å². The Morgan fingerprint density at radius 3 is 2.78 bits per heavy atom. The smallest absolute Gasteiger partial charge is 0.297 e. The zero-order valence-corrected chi connectivity index (χ0v) is 10.3. The average molecular weight is 266 g/mol. The predicted molar refractivity (Wildman–Crippen MR) is 67.5 cm³/mol. The Balaban J connectivity index is 3.15. The summed E-state index contributed by atoms with van der Waals surface area (Å²) in [7, 11) is 0. The number of rotatable bonds is 4. The van der Waals surface area contributed by atoms with Gasteiger partial charge in [0.25, 0.3) is 5.69 Å². The molecule has 0 heterocycles. The lowest BCUT2D eigenvalue weighted by Crippen LogP contribution is -2.10. The van der Waals surface area contributed by atoms with Crippen molar-refractivity contribution in [3.05, 3.63) is 28.3 Å². The van der Waals surface area contributed by atoms with Crippen LogP contribution >= 0.6 is 0 Å². The van der Waals surface area contributed by atoms with Crippen LogP contribution in [0, 0.1) is 22.5 Å². The molecule has 18 heavy (non-hydrogen) atoms. The third-order valence-electron chi connectivity index (χ3n) is 1.95. The second-order valence-corrected chi connectivity index (χ2v) is 4.76. The number of benzene rings is 1. The van der Waals surface area contributed by atoms with E-state index in [0.29, 0.717) is 0 Å². The summed E-state index contributed by atoms with van der Waals surface area (Å²) in [5.41, 5.74) is -0.248. The molecule has 94 valence electrons. The van der Waals surface area contributed by atoms with Crippen LogP contribution < -0.4 is 5.32 Å². The third-order valence-corrected chi connectivity index (χ3v) is 3.16. The number of hydrogen-bond acceptors (Lipinski definition) is 4. The fourth-order valence-electron chi connectivity index (χ4n) is 1.26. The normalized spacial score (nSPS) is 11.4. The molecular formula is C11H10N2O4S. The lowest BCUT2D eigenvalue weighted by Gasteiger charge is -2.08. The molecule has 0 aliphatic heterocycles. The number of nitrogens with zero attached hydrogens (tertiary/aromatic N) is 1.